The van der Waals surface area contributed by atoms with Gasteiger partial charge in [-0.1, -0.05) is 39.0 Å². The van der Waals surface area contributed by atoms with Gasteiger partial charge in [-0.25, -0.2) is 0 Å². The van der Waals surface area contributed by atoms with E-state index in [4.69, 9.17) is 9.47 Å². The quantitative estimate of drug-likeness (QED) is 0.880. The number of ether oxygens (including phenoxy) is 2. The van der Waals surface area contributed by atoms with E-state index in [2.05, 4.69) is 30.1 Å². The molecule has 1 aromatic heterocycles. The predicted octanol–water partition coefficient (Wildman–Crippen LogP) is 3.67. The Hall–Kier alpha value is -1.81. The third kappa shape index (κ3) is 2.13. The van der Waals surface area contributed by atoms with Crippen LogP contribution in [0.4, 0.5) is 0 Å². The topological polar surface area (TPSA) is 51.3 Å². The molecule has 2 heterocycles. The number of nitrogens with one attached hydrogen (secondary N) is 1. The fourth-order valence-corrected chi connectivity index (χ4v) is 3.43. The van der Waals surface area contributed by atoms with Crippen molar-refractivity contribution in [1.29, 1.82) is 0 Å². The molecule has 2 aromatic rings. The molecule has 0 radical (unpaired) electrons. The van der Waals surface area contributed by atoms with Crippen LogP contribution in [0.1, 0.15) is 44.5 Å². The summed E-state index contributed by atoms with van der Waals surface area (Å²) in [5, 5.41) is 1.22. The highest BCUT2D eigenvalue weighted by atomic mass is 16.7. The summed E-state index contributed by atoms with van der Waals surface area (Å²) in [4.78, 5) is 15.2. The number of para-hydroxylation sites is 1. The van der Waals surface area contributed by atoms with Gasteiger partial charge in [0.25, 0.3) is 5.79 Å². The third-order valence-electron chi connectivity index (χ3n) is 4.48. The first kappa shape index (κ1) is 15.1. The van der Waals surface area contributed by atoms with Gasteiger partial charge in [-0.15, -0.1) is 0 Å². The Morgan fingerprint density at radius 3 is 2.86 bits per heavy atom. The first-order valence-corrected chi connectivity index (χ1v) is 7.96. The summed E-state index contributed by atoms with van der Waals surface area (Å²) in [6.07, 6.45) is 1.79. The molecular weight excluding hydrogens is 278 g/mol. The molecule has 1 aromatic carbocycles. The molecule has 0 fully saturated rings. The first-order chi connectivity index (χ1) is 10.5. The number of H-pyrrole nitrogens is 1. The normalized spacial score (nSPS) is 21.1. The van der Waals surface area contributed by atoms with Gasteiger partial charge in [0, 0.05) is 23.7 Å². The fourth-order valence-electron chi connectivity index (χ4n) is 3.43. The maximum atomic E-state index is 11.7. The van der Waals surface area contributed by atoms with Gasteiger partial charge in [0.15, 0.2) is 0 Å². The molecule has 1 atom stereocenters. The van der Waals surface area contributed by atoms with Gasteiger partial charge < -0.3 is 14.5 Å². The number of hydrogen-bond donors (Lipinski definition) is 1. The number of fused-ring (bicyclic) bond motifs is 3. The van der Waals surface area contributed by atoms with Crippen molar-refractivity contribution in [2.45, 2.75) is 46.3 Å². The van der Waals surface area contributed by atoms with Gasteiger partial charge in [-0.3, -0.25) is 4.79 Å². The first-order valence-electron chi connectivity index (χ1n) is 7.96. The van der Waals surface area contributed by atoms with Gasteiger partial charge in [0.05, 0.1) is 12.3 Å². The lowest BCUT2D eigenvalue weighted by Gasteiger charge is -2.39. The van der Waals surface area contributed by atoms with Crippen LogP contribution in [-0.4, -0.2) is 17.6 Å². The Morgan fingerprint density at radius 1 is 1.45 bits per heavy atom. The Bertz CT molecular complexity index is 716. The molecule has 0 amide bonds. The van der Waals surface area contributed by atoms with E-state index in [0.717, 1.165) is 24.1 Å². The molecule has 0 saturated heterocycles. The van der Waals surface area contributed by atoms with E-state index in [-0.39, 0.29) is 11.9 Å². The van der Waals surface area contributed by atoms with E-state index in [1.807, 2.05) is 13.8 Å². The minimum Gasteiger partial charge on any atom is -0.427 e. The van der Waals surface area contributed by atoms with Crippen molar-refractivity contribution in [1.82, 2.24) is 4.98 Å². The zero-order valence-corrected chi connectivity index (χ0v) is 13.7. The number of aromatic nitrogens is 1. The molecule has 4 nitrogen and oxygen atoms in total. The second-order valence-electron chi connectivity index (χ2n) is 6.19. The van der Waals surface area contributed by atoms with Crippen molar-refractivity contribution in [3.05, 3.63) is 35.0 Å². The SMILES string of the molecule is CCc1cccc2c3c([nH]c12)C(OC(C)=O)(C(C)C)OCC3. The minimum atomic E-state index is -1.01. The Balaban J connectivity index is 2.27. The van der Waals surface area contributed by atoms with E-state index < -0.39 is 5.79 Å². The number of benzene rings is 1. The summed E-state index contributed by atoms with van der Waals surface area (Å²) in [5.74, 6) is -1.31. The van der Waals surface area contributed by atoms with Crippen molar-refractivity contribution in [2.75, 3.05) is 6.61 Å². The van der Waals surface area contributed by atoms with Crippen LogP contribution in [0.25, 0.3) is 10.9 Å². The van der Waals surface area contributed by atoms with Crippen molar-refractivity contribution in [2.24, 2.45) is 5.92 Å². The molecule has 1 aliphatic rings. The Kier molecular flexibility index (Phi) is 3.73. The lowest BCUT2D eigenvalue weighted by Crippen LogP contribution is -2.44. The largest absolute Gasteiger partial charge is 0.427 e. The van der Waals surface area contributed by atoms with Crippen LogP contribution in [-0.2, 0) is 32.9 Å². The Morgan fingerprint density at radius 2 is 2.23 bits per heavy atom. The molecule has 0 saturated carbocycles. The summed E-state index contributed by atoms with van der Waals surface area (Å²) < 4.78 is 11.7. The fraction of sp³-hybridized carbons (Fsp3) is 0.500. The maximum absolute atomic E-state index is 11.7. The predicted molar refractivity (Wildman–Crippen MR) is 85.6 cm³/mol. The molecule has 22 heavy (non-hydrogen) atoms. The second kappa shape index (κ2) is 5.43. The van der Waals surface area contributed by atoms with Crippen LogP contribution in [0.15, 0.2) is 18.2 Å². The van der Waals surface area contributed by atoms with Gasteiger partial charge in [0.1, 0.15) is 0 Å². The van der Waals surface area contributed by atoms with E-state index in [1.165, 1.54) is 23.4 Å². The minimum absolute atomic E-state index is 0.0218. The molecule has 0 spiro atoms. The zero-order chi connectivity index (χ0) is 15.9. The van der Waals surface area contributed by atoms with Crippen molar-refractivity contribution in [3.8, 4) is 0 Å². The summed E-state index contributed by atoms with van der Waals surface area (Å²) >= 11 is 0. The summed E-state index contributed by atoms with van der Waals surface area (Å²) in [7, 11) is 0. The maximum Gasteiger partial charge on any atom is 0.305 e. The molecule has 0 bridgehead atoms. The molecule has 4 heteroatoms. The van der Waals surface area contributed by atoms with Crippen molar-refractivity contribution in [3.63, 3.8) is 0 Å². The molecule has 3 rings (SSSR count). The standard InChI is InChI=1S/C18H23NO3/c1-5-13-7-6-8-14-15-9-10-21-18(11(2)3,22-12(4)20)17(15)19-16(13)14/h6-8,11,19H,5,9-10H2,1-4H3. The van der Waals surface area contributed by atoms with Gasteiger partial charge in [0.2, 0.25) is 0 Å². The molecular formula is C18H23NO3. The van der Waals surface area contributed by atoms with E-state index in [0.29, 0.717) is 6.61 Å². The van der Waals surface area contributed by atoms with Crippen molar-refractivity contribution < 1.29 is 14.3 Å². The van der Waals surface area contributed by atoms with E-state index in [1.54, 1.807) is 0 Å². The van der Waals surface area contributed by atoms with Gasteiger partial charge in [-0.2, -0.15) is 0 Å². The monoisotopic (exact) mass is 301 g/mol. The average molecular weight is 301 g/mol. The summed E-state index contributed by atoms with van der Waals surface area (Å²) in [5.41, 5.74) is 4.52. The van der Waals surface area contributed by atoms with Gasteiger partial charge in [-0.05, 0) is 24.0 Å². The smallest absolute Gasteiger partial charge is 0.305 e. The third-order valence-corrected chi connectivity index (χ3v) is 4.48. The highest BCUT2D eigenvalue weighted by molar-refractivity contribution is 5.88. The van der Waals surface area contributed by atoms with Crippen LogP contribution >= 0.6 is 0 Å². The van der Waals surface area contributed by atoms with Crippen LogP contribution < -0.4 is 0 Å². The number of carbonyl (C=O) groups excluding carboxylic acids is 1. The number of carbonyl (C=O) groups is 1. The van der Waals surface area contributed by atoms with Crippen LogP contribution in [0.3, 0.4) is 0 Å². The highest BCUT2D eigenvalue weighted by Gasteiger charge is 2.46. The Labute approximate surface area is 130 Å². The number of rotatable bonds is 3. The van der Waals surface area contributed by atoms with Crippen molar-refractivity contribution >= 4 is 16.9 Å². The molecule has 1 unspecified atom stereocenters. The number of aryl methyl sites for hydroxylation is 1. The lowest BCUT2D eigenvalue weighted by molar-refractivity contribution is -0.265. The zero-order valence-electron chi connectivity index (χ0n) is 13.7. The van der Waals surface area contributed by atoms with E-state index in [9.17, 15) is 4.79 Å². The molecule has 1 N–H and O–H groups in total. The van der Waals surface area contributed by atoms with Crippen LogP contribution in [0.5, 0.6) is 0 Å². The highest BCUT2D eigenvalue weighted by Crippen LogP contribution is 2.43. The average Bonchev–Trinajstić information content (AvgIpc) is 2.86. The second-order valence-corrected chi connectivity index (χ2v) is 6.19. The van der Waals surface area contributed by atoms with Crippen LogP contribution in [0, 0.1) is 5.92 Å². The van der Waals surface area contributed by atoms with Crippen LogP contribution in [0.2, 0.25) is 0 Å². The number of hydrogen-bond acceptors (Lipinski definition) is 3. The van der Waals surface area contributed by atoms with Gasteiger partial charge >= 0.3 is 5.97 Å². The summed E-state index contributed by atoms with van der Waals surface area (Å²) in [6, 6.07) is 6.36. The molecule has 0 aliphatic carbocycles. The molecule has 1 aliphatic heterocycles. The number of esters is 1. The van der Waals surface area contributed by atoms with E-state index >= 15 is 0 Å². The summed E-state index contributed by atoms with van der Waals surface area (Å²) in [6.45, 7) is 8.17. The molecule has 118 valence electrons. The lowest BCUT2D eigenvalue weighted by atomic mass is 9.91. The number of aromatic amines is 1.